The van der Waals surface area contributed by atoms with Crippen LogP contribution >= 0.6 is 11.8 Å². The molecule has 1 heterocycles. The molecular weight excluding hydrogens is 493 g/mol. The molecule has 6 fully saturated rings. The van der Waals surface area contributed by atoms with Gasteiger partial charge in [0.2, 0.25) is 0 Å². The lowest BCUT2D eigenvalue weighted by Crippen LogP contribution is -2.46. The van der Waals surface area contributed by atoms with Gasteiger partial charge in [-0.3, -0.25) is 0 Å². The lowest BCUT2D eigenvalue weighted by atomic mass is 9.61. The average molecular weight is 557 g/mol. The lowest BCUT2D eigenvalue weighted by molar-refractivity contribution is 0.0640. The smallest absolute Gasteiger partial charge is 0.0552 e. The van der Waals surface area contributed by atoms with E-state index in [1.165, 1.54) is 32.1 Å². The molecule has 0 spiro atoms. The van der Waals surface area contributed by atoms with Crippen molar-refractivity contribution in [3.8, 4) is 0 Å². The van der Waals surface area contributed by atoms with Crippen molar-refractivity contribution in [3.05, 3.63) is 0 Å². The molecule has 0 aromatic carbocycles. The Morgan fingerprint density at radius 1 is 0.632 bits per heavy atom. The number of hydrogen-bond acceptors (Lipinski definition) is 1. The van der Waals surface area contributed by atoms with E-state index in [1.54, 1.807) is 64.2 Å². The van der Waals surface area contributed by atoms with Crippen LogP contribution in [0.4, 0.5) is 0 Å². The lowest BCUT2D eigenvalue weighted by Gasteiger charge is -2.48. The zero-order valence-electron chi connectivity index (χ0n) is 26.5. The van der Waals surface area contributed by atoms with Gasteiger partial charge in [-0.15, -0.1) is 0 Å². The van der Waals surface area contributed by atoms with Crippen molar-refractivity contribution in [2.75, 3.05) is 0 Å². The molecule has 2 heteroatoms. The van der Waals surface area contributed by atoms with Crippen LogP contribution in [-0.4, -0.2) is 18.6 Å². The van der Waals surface area contributed by atoms with Gasteiger partial charge in [-0.2, -0.15) is 11.8 Å². The van der Waals surface area contributed by atoms with E-state index in [9.17, 15) is 0 Å². The summed E-state index contributed by atoms with van der Waals surface area (Å²) in [6.07, 6.45) is 23.4. The molecule has 1 saturated heterocycles. The average Bonchev–Trinajstić information content (AvgIpc) is 3.54. The predicted octanol–water partition coefficient (Wildman–Crippen LogP) is 11.5. The van der Waals surface area contributed by atoms with Crippen molar-refractivity contribution in [2.45, 2.75) is 166 Å². The highest BCUT2D eigenvalue weighted by Gasteiger charge is 2.61. The minimum atomic E-state index is -1.34. The first-order valence-corrected chi connectivity index (χ1v) is 21.8. The van der Waals surface area contributed by atoms with E-state index in [2.05, 4.69) is 59.5 Å². The van der Waals surface area contributed by atoms with Gasteiger partial charge >= 0.3 is 0 Å². The number of rotatable bonds is 4. The van der Waals surface area contributed by atoms with Crippen LogP contribution in [0.1, 0.15) is 131 Å². The van der Waals surface area contributed by atoms with Gasteiger partial charge in [0.15, 0.2) is 0 Å². The molecule has 5 saturated carbocycles. The normalized spacial score (nSPS) is 48.7. The molecule has 1 aliphatic heterocycles. The van der Waals surface area contributed by atoms with Gasteiger partial charge in [0.05, 0.1) is 8.07 Å². The predicted molar refractivity (Wildman–Crippen MR) is 172 cm³/mol. The Hall–Kier alpha value is 0.567. The molecule has 0 nitrogen and oxygen atoms in total. The Labute approximate surface area is 243 Å². The molecular formula is C36H64SSi. The highest BCUT2D eigenvalue weighted by molar-refractivity contribution is 8.00. The SMILES string of the molecule is CC1CC2C(SC(C)C2C2CCCCC2)C1[Si](C)(C)C1CCC2C(C3CCC(C(C)(C)C)CC3)CCCC21. The van der Waals surface area contributed by atoms with Crippen molar-refractivity contribution in [2.24, 2.45) is 58.7 Å². The molecule has 10 unspecified atom stereocenters. The molecule has 5 aliphatic carbocycles. The summed E-state index contributed by atoms with van der Waals surface area (Å²) in [7, 11) is -1.34. The van der Waals surface area contributed by atoms with Crippen LogP contribution in [0.25, 0.3) is 0 Å². The van der Waals surface area contributed by atoms with Crippen molar-refractivity contribution in [1.29, 1.82) is 0 Å². The fourth-order valence-electron chi connectivity index (χ4n) is 13.0. The summed E-state index contributed by atoms with van der Waals surface area (Å²) in [5.74, 6) is 9.55. The monoisotopic (exact) mass is 556 g/mol. The van der Waals surface area contributed by atoms with Crippen LogP contribution in [0.2, 0.25) is 24.2 Å². The molecule has 0 aromatic rings. The first-order valence-electron chi connectivity index (χ1n) is 17.7. The van der Waals surface area contributed by atoms with E-state index in [-0.39, 0.29) is 0 Å². The third kappa shape index (κ3) is 5.06. The summed E-state index contributed by atoms with van der Waals surface area (Å²) in [6, 6.07) is 0. The van der Waals surface area contributed by atoms with E-state index in [0.29, 0.717) is 5.41 Å². The minimum Gasteiger partial charge on any atom is -0.155 e. The van der Waals surface area contributed by atoms with Crippen LogP contribution in [-0.2, 0) is 0 Å². The molecule has 0 radical (unpaired) electrons. The highest BCUT2D eigenvalue weighted by Crippen LogP contribution is 2.67. The molecule has 0 aromatic heterocycles. The van der Waals surface area contributed by atoms with Crippen LogP contribution < -0.4 is 0 Å². The van der Waals surface area contributed by atoms with Crippen molar-refractivity contribution in [3.63, 3.8) is 0 Å². The van der Waals surface area contributed by atoms with Crippen LogP contribution in [0.15, 0.2) is 0 Å². The third-order valence-corrected chi connectivity index (χ3v) is 21.8. The fraction of sp³-hybridized carbons (Fsp3) is 1.00. The third-order valence-electron chi connectivity index (χ3n) is 14.6. The second-order valence-electron chi connectivity index (χ2n) is 17.6. The Bertz CT molecular complexity index is 799. The molecule has 218 valence electrons. The van der Waals surface area contributed by atoms with E-state index in [0.717, 1.165) is 74.8 Å². The Balaban J connectivity index is 1.15. The van der Waals surface area contributed by atoms with Gasteiger partial charge in [-0.25, -0.2) is 0 Å². The second kappa shape index (κ2) is 11.0. The minimum absolute atomic E-state index is 0.524. The molecule has 38 heavy (non-hydrogen) atoms. The van der Waals surface area contributed by atoms with Gasteiger partial charge in [-0.05, 0) is 115 Å². The zero-order valence-corrected chi connectivity index (χ0v) is 28.3. The summed E-state index contributed by atoms with van der Waals surface area (Å²) in [5.41, 5.74) is 2.76. The fourth-order valence-corrected chi connectivity index (χ4v) is 21.9. The van der Waals surface area contributed by atoms with Crippen LogP contribution in [0.3, 0.4) is 0 Å². The van der Waals surface area contributed by atoms with Gasteiger partial charge in [0, 0.05) is 10.5 Å². The van der Waals surface area contributed by atoms with Gasteiger partial charge in [0.25, 0.3) is 0 Å². The van der Waals surface area contributed by atoms with E-state index in [4.69, 9.17) is 0 Å². The maximum absolute atomic E-state index is 2.93. The summed E-state index contributed by atoms with van der Waals surface area (Å²) < 4.78 is 0. The quantitative estimate of drug-likeness (QED) is 0.310. The van der Waals surface area contributed by atoms with E-state index in [1.807, 2.05) is 0 Å². The number of thioether (sulfide) groups is 1. The summed E-state index contributed by atoms with van der Waals surface area (Å²) in [6.45, 7) is 18.7. The summed E-state index contributed by atoms with van der Waals surface area (Å²) in [4.78, 5) is 0. The van der Waals surface area contributed by atoms with E-state index >= 15 is 0 Å². The summed E-state index contributed by atoms with van der Waals surface area (Å²) >= 11 is 2.52. The van der Waals surface area contributed by atoms with Gasteiger partial charge < -0.3 is 0 Å². The first-order chi connectivity index (χ1) is 18.1. The van der Waals surface area contributed by atoms with Crippen molar-refractivity contribution < 1.29 is 0 Å². The Kier molecular flexibility index (Phi) is 8.30. The topological polar surface area (TPSA) is 0 Å². The molecule has 10 atom stereocenters. The molecule has 6 aliphatic rings. The van der Waals surface area contributed by atoms with Crippen LogP contribution in [0, 0.1) is 58.7 Å². The largest absolute Gasteiger partial charge is 0.155 e. The van der Waals surface area contributed by atoms with Crippen molar-refractivity contribution in [1.82, 2.24) is 0 Å². The zero-order chi connectivity index (χ0) is 26.8. The Morgan fingerprint density at radius 2 is 1.32 bits per heavy atom. The van der Waals surface area contributed by atoms with E-state index < -0.39 is 8.07 Å². The number of hydrogen-bond donors (Lipinski definition) is 0. The maximum Gasteiger partial charge on any atom is 0.0552 e. The molecule has 0 amide bonds. The van der Waals surface area contributed by atoms with Crippen LogP contribution in [0.5, 0.6) is 0 Å². The number of fused-ring (bicyclic) bond motifs is 2. The summed E-state index contributed by atoms with van der Waals surface area (Å²) in [5, 5.41) is 1.96. The van der Waals surface area contributed by atoms with Gasteiger partial charge in [0.1, 0.15) is 0 Å². The molecule has 0 bridgehead atoms. The Morgan fingerprint density at radius 3 is 2.00 bits per heavy atom. The standard InChI is InChI=1S/C36H64SSi/c1-23-22-31-33(26-12-9-8-10-13-26)24(2)37-34(31)35(23)38(6,7)32-21-20-29-28(14-11-15-30(29)32)25-16-18-27(19-17-25)36(3,4)5/h23-35H,8-22H2,1-7H3. The highest BCUT2D eigenvalue weighted by atomic mass is 32.2. The van der Waals surface area contributed by atoms with Crippen molar-refractivity contribution >= 4 is 19.8 Å². The molecule has 6 rings (SSSR count). The van der Waals surface area contributed by atoms with Gasteiger partial charge in [-0.1, -0.05) is 99.1 Å². The first kappa shape index (κ1) is 28.7. The second-order valence-corrected chi connectivity index (χ2v) is 24.2. The maximum atomic E-state index is 2.93. The molecule has 0 N–H and O–H groups in total.